The highest BCUT2D eigenvalue weighted by Crippen LogP contribution is 2.52. The Morgan fingerprint density at radius 2 is 1.07 bits per heavy atom. The van der Waals surface area contributed by atoms with Crippen molar-refractivity contribution in [2.75, 3.05) is 0 Å². The summed E-state index contributed by atoms with van der Waals surface area (Å²) in [5.74, 6) is 1.90. The van der Waals surface area contributed by atoms with Gasteiger partial charge in [0.05, 0.1) is 11.0 Å². The zero-order valence-electron chi connectivity index (χ0n) is 25.6. The number of benzene rings is 6. The predicted molar refractivity (Wildman–Crippen MR) is 188 cm³/mol. The molecule has 8 aromatic rings. The van der Waals surface area contributed by atoms with E-state index in [2.05, 4.69) is 140 Å². The van der Waals surface area contributed by atoms with Crippen molar-refractivity contribution < 1.29 is 0 Å². The Hall–Kier alpha value is -5.87. The maximum absolute atomic E-state index is 5.32. The number of nitrogens with zero attached hydrogens (tertiary/aromatic N) is 4. The molecule has 2 aromatic heterocycles. The van der Waals surface area contributed by atoms with E-state index in [1.165, 1.54) is 33.0 Å². The summed E-state index contributed by atoms with van der Waals surface area (Å²) >= 11 is 0. The molecule has 0 saturated heterocycles. The van der Waals surface area contributed by atoms with Gasteiger partial charge in [0.15, 0.2) is 11.6 Å². The lowest BCUT2D eigenvalue weighted by molar-refractivity contribution is 0.663. The first-order chi connectivity index (χ1) is 22.6. The van der Waals surface area contributed by atoms with Crippen LogP contribution in [0, 0.1) is 0 Å². The number of aromatic nitrogens is 4. The van der Waals surface area contributed by atoms with Gasteiger partial charge in [0, 0.05) is 27.3 Å². The molecule has 0 unspecified atom stereocenters. The van der Waals surface area contributed by atoms with Gasteiger partial charge in [0.2, 0.25) is 5.95 Å². The van der Waals surface area contributed by atoms with E-state index in [9.17, 15) is 0 Å². The van der Waals surface area contributed by atoms with E-state index in [-0.39, 0.29) is 5.41 Å². The first-order valence-corrected chi connectivity index (χ1v) is 15.7. The van der Waals surface area contributed by atoms with Crippen molar-refractivity contribution in [1.82, 2.24) is 19.5 Å². The van der Waals surface area contributed by atoms with Gasteiger partial charge in [-0.15, -0.1) is 0 Å². The van der Waals surface area contributed by atoms with Gasteiger partial charge >= 0.3 is 0 Å². The molecule has 0 bridgehead atoms. The molecule has 0 atom stereocenters. The molecule has 0 radical (unpaired) electrons. The van der Waals surface area contributed by atoms with Crippen molar-refractivity contribution in [3.05, 3.63) is 157 Å². The number of fused-ring (bicyclic) bond motifs is 7. The SMILES string of the molecule is CC1(C)c2ccccc2-c2ccc3c4ccccc4n(-c4nc(-c5ccccc5)nc(-c5ccccc5-c5ccccc5)n4)c3c21. The summed E-state index contributed by atoms with van der Waals surface area (Å²) in [6.07, 6.45) is 0. The van der Waals surface area contributed by atoms with E-state index in [1.54, 1.807) is 0 Å². The number of rotatable bonds is 4. The summed E-state index contributed by atoms with van der Waals surface area (Å²) in [4.78, 5) is 15.7. The maximum Gasteiger partial charge on any atom is 0.238 e. The van der Waals surface area contributed by atoms with Crippen LogP contribution in [0.2, 0.25) is 0 Å². The fourth-order valence-corrected chi connectivity index (χ4v) is 7.37. The standard InChI is InChI=1S/C42H30N4/c1-42(2)35-23-13-11-20-30(35)32-25-26-33-31-21-12-14-24-36(31)46(38(33)37(32)42)41-44-39(28-17-7-4-8-18-28)43-40(45-41)34-22-10-9-19-29(34)27-15-5-3-6-16-27/h3-26H,1-2H3. The molecule has 9 rings (SSSR count). The molecule has 4 nitrogen and oxygen atoms in total. The van der Waals surface area contributed by atoms with E-state index < -0.39 is 0 Å². The fraction of sp³-hybridized carbons (Fsp3) is 0.0714. The summed E-state index contributed by atoms with van der Waals surface area (Å²) in [7, 11) is 0. The number of hydrogen-bond acceptors (Lipinski definition) is 3. The molecule has 0 amide bonds. The summed E-state index contributed by atoms with van der Waals surface area (Å²) in [6, 6.07) is 51.0. The van der Waals surface area contributed by atoms with E-state index in [0.29, 0.717) is 17.6 Å². The molecular weight excluding hydrogens is 560 g/mol. The van der Waals surface area contributed by atoms with Crippen molar-refractivity contribution in [3.8, 4) is 51.0 Å². The van der Waals surface area contributed by atoms with Gasteiger partial charge in [0.1, 0.15) is 0 Å². The van der Waals surface area contributed by atoms with Crippen molar-refractivity contribution in [2.24, 2.45) is 0 Å². The molecular formula is C42H30N4. The van der Waals surface area contributed by atoms with Gasteiger partial charge < -0.3 is 0 Å². The first kappa shape index (κ1) is 26.5. The molecule has 0 saturated carbocycles. The van der Waals surface area contributed by atoms with Gasteiger partial charge in [-0.05, 0) is 39.4 Å². The average molecular weight is 591 g/mol. The minimum atomic E-state index is -0.213. The highest BCUT2D eigenvalue weighted by molar-refractivity contribution is 6.13. The molecule has 0 fully saturated rings. The lowest BCUT2D eigenvalue weighted by Gasteiger charge is -2.23. The average Bonchev–Trinajstić information content (AvgIpc) is 3.57. The third-order valence-corrected chi connectivity index (χ3v) is 9.46. The molecule has 1 aliphatic carbocycles. The topological polar surface area (TPSA) is 43.6 Å². The van der Waals surface area contributed by atoms with Crippen LogP contribution in [0.15, 0.2) is 146 Å². The van der Waals surface area contributed by atoms with Crippen molar-refractivity contribution in [2.45, 2.75) is 19.3 Å². The van der Waals surface area contributed by atoms with Crippen LogP contribution in [-0.4, -0.2) is 19.5 Å². The van der Waals surface area contributed by atoms with Crippen LogP contribution < -0.4 is 0 Å². The van der Waals surface area contributed by atoms with E-state index >= 15 is 0 Å². The van der Waals surface area contributed by atoms with Crippen molar-refractivity contribution in [3.63, 3.8) is 0 Å². The molecule has 6 aromatic carbocycles. The van der Waals surface area contributed by atoms with Gasteiger partial charge in [-0.1, -0.05) is 153 Å². The fourth-order valence-electron chi connectivity index (χ4n) is 7.37. The molecule has 0 spiro atoms. The van der Waals surface area contributed by atoms with Crippen LogP contribution in [0.5, 0.6) is 0 Å². The normalized spacial score (nSPS) is 13.2. The van der Waals surface area contributed by atoms with Crippen LogP contribution in [0.3, 0.4) is 0 Å². The Balaban J connectivity index is 1.40. The quantitative estimate of drug-likeness (QED) is 0.205. The molecule has 4 heteroatoms. The summed E-state index contributed by atoms with van der Waals surface area (Å²) in [5, 5.41) is 2.38. The highest BCUT2D eigenvalue weighted by Gasteiger charge is 2.38. The van der Waals surface area contributed by atoms with Gasteiger partial charge in [-0.2, -0.15) is 9.97 Å². The summed E-state index contributed by atoms with van der Waals surface area (Å²) in [6.45, 7) is 4.67. The maximum atomic E-state index is 5.32. The van der Waals surface area contributed by atoms with Crippen LogP contribution in [0.1, 0.15) is 25.0 Å². The molecule has 2 heterocycles. The minimum absolute atomic E-state index is 0.213. The molecule has 46 heavy (non-hydrogen) atoms. The Morgan fingerprint density at radius 1 is 0.457 bits per heavy atom. The third-order valence-electron chi connectivity index (χ3n) is 9.46. The predicted octanol–water partition coefficient (Wildman–Crippen LogP) is 10.3. The van der Waals surface area contributed by atoms with Crippen LogP contribution >= 0.6 is 0 Å². The lowest BCUT2D eigenvalue weighted by Crippen LogP contribution is -2.17. The van der Waals surface area contributed by atoms with E-state index in [0.717, 1.165) is 33.3 Å². The minimum Gasteiger partial charge on any atom is -0.277 e. The Kier molecular flexibility index (Phi) is 5.81. The van der Waals surface area contributed by atoms with Gasteiger partial charge in [-0.3, -0.25) is 4.57 Å². The van der Waals surface area contributed by atoms with Crippen LogP contribution in [0.4, 0.5) is 0 Å². The monoisotopic (exact) mass is 590 g/mol. The number of hydrogen-bond donors (Lipinski definition) is 0. The second-order valence-corrected chi connectivity index (χ2v) is 12.5. The van der Waals surface area contributed by atoms with Gasteiger partial charge in [-0.25, -0.2) is 4.98 Å². The molecule has 1 aliphatic rings. The Bertz CT molecular complexity index is 2440. The first-order valence-electron chi connectivity index (χ1n) is 15.7. The van der Waals surface area contributed by atoms with Gasteiger partial charge in [0.25, 0.3) is 0 Å². The second-order valence-electron chi connectivity index (χ2n) is 12.5. The zero-order chi connectivity index (χ0) is 30.8. The molecule has 0 N–H and O–H groups in total. The van der Waals surface area contributed by atoms with Crippen LogP contribution in [0.25, 0.3) is 72.8 Å². The largest absolute Gasteiger partial charge is 0.277 e. The van der Waals surface area contributed by atoms with Crippen molar-refractivity contribution in [1.29, 1.82) is 0 Å². The second kappa shape index (κ2) is 10.1. The summed E-state index contributed by atoms with van der Waals surface area (Å²) in [5.41, 5.74) is 11.3. The third kappa shape index (κ3) is 3.90. The molecule has 0 aliphatic heterocycles. The van der Waals surface area contributed by atoms with E-state index in [4.69, 9.17) is 15.0 Å². The zero-order valence-corrected chi connectivity index (χ0v) is 25.6. The van der Waals surface area contributed by atoms with Crippen molar-refractivity contribution >= 4 is 21.8 Å². The molecule has 218 valence electrons. The summed E-state index contributed by atoms with van der Waals surface area (Å²) < 4.78 is 2.28. The van der Waals surface area contributed by atoms with E-state index in [1.807, 2.05) is 24.3 Å². The Labute approximate surface area is 267 Å². The number of para-hydroxylation sites is 1. The highest BCUT2D eigenvalue weighted by atomic mass is 15.2. The lowest BCUT2D eigenvalue weighted by atomic mass is 9.81. The Morgan fingerprint density at radius 3 is 1.85 bits per heavy atom. The van der Waals surface area contributed by atoms with Crippen LogP contribution in [-0.2, 0) is 5.41 Å². The smallest absolute Gasteiger partial charge is 0.238 e.